The third kappa shape index (κ3) is 4.29. The summed E-state index contributed by atoms with van der Waals surface area (Å²) in [5, 5.41) is 0. The lowest BCUT2D eigenvalue weighted by Crippen LogP contribution is -1.91. The predicted molar refractivity (Wildman–Crippen MR) is 76.3 cm³/mol. The highest BCUT2D eigenvalue weighted by Gasteiger charge is 2.19. The molecule has 1 fully saturated rings. The first kappa shape index (κ1) is 13.3. The second-order valence-corrected chi connectivity index (χ2v) is 5.71. The molecule has 0 spiro atoms. The molecule has 0 N–H and O–H groups in total. The summed E-state index contributed by atoms with van der Waals surface area (Å²) >= 11 is 0. The van der Waals surface area contributed by atoms with E-state index in [1.165, 1.54) is 24.8 Å². The molecule has 18 heavy (non-hydrogen) atoms. The van der Waals surface area contributed by atoms with Gasteiger partial charge in [0, 0.05) is 12.8 Å². The van der Waals surface area contributed by atoms with Gasteiger partial charge in [0.25, 0.3) is 0 Å². The van der Waals surface area contributed by atoms with E-state index in [1.807, 2.05) is 0 Å². The molecule has 0 radical (unpaired) electrons. The smallest absolute Gasteiger partial charge is 0.133 e. The van der Waals surface area contributed by atoms with Gasteiger partial charge in [-0.15, -0.1) is 0 Å². The van der Waals surface area contributed by atoms with Gasteiger partial charge in [0.2, 0.25) is 0 Å². The van der Waals surface area contributed by atoms with E-state index in [0.717, 1.165) is 25.7 Å². The number of allylic oxidation sites excluding steroid dienone is 6. The molecular weight excluding hydrogens is 220 g/mol. The first-order valence-corrected chi connectivity index (χ1v) is 7.29. The summed E-state index contributed by atoms with van der Waals surface area (Å²) in [4.78, 5) is 11.1. The Balaban J connectivity index is 1.69. The maximum absolute atomic E-state index is 11.1. The van der Waals surface area contributed by atoms with Gasteiger partial charge in [0.05, 0.1) is 0 Å². The van der Waals surface area contributed by atoms with Gasteiger partial charge in [-0.25, -0.2) is 0 Å². The molecule has 2 aliphatic carbocycles. The normalized spacial score (nSPS) is 26.4. The first-order valence-electron chi connectivity index (χ1n) is 7.29. The standard InChI is InChI=1S/C17H24O/c1-14(9-10-15-6-2-3-7-15)5-4-8-16-11-12-17(18)13-16/h4,6,8-10,14,16H,2-3,5,7,11-13H2,1H3/b8-4+,10-9+. The number of carbonyl (C=O) groups excluding carboxylic acids is 1. The molecular formula is C17H24O. The number of carbonyl (C=O) groups is 1. The van der Waals surface area contributed by atoms with Gasteiger partial charge in [-0.3, -0.25) is 4.79 Å². The number of hydrogen-bond donors (Lipinski definition) is 0. The summed E-state index contributed by atoms with van der Waals surface area (Å²) in [6.45, 7) is 2.26. The fourth-order valence-corrected chi connectivity index (χ4v) is 2.71. The van der Waals surface area contributed by atoms with Crippen molar-refractivity contribution in [1.82, 2.24) is 0 Å². The second-order valence-electron chi connectivity index (χ2n) is 5.71. The molecule has 0 aliphatic heterocycles. The van der Waals surface area contributed by atoms with Crippen LogP contribution in [0.1, 0.15) is 51.9 Å². The van der Waals surface area contributed by atoms with Crippen LogP contribution in [-0.4, -0.2) is 5.78 Å². The Hall–Kier alpha value is -1.11. The average Bonchev–Trinajstić information content (AvgIpc) is 2.98. The third-order valence-electron chi connectivity index (χ3n) is 3.91. The maximum atomic E-state index is 11.1. The molecule has 0 heterocycles. The van der Waals surface area contributed by atoms with Crippen LogP contribution in [0.15, 0.2) is 36.0 Å². The van der Waals surface area contributed by atoms with Crippen molar-refractivity contribution in [3.05, 3.63) is 36.0 Å². The van der Waals surface area contributed by atoms with Gasteiger partial charge in [-0.1, -0.05) is 42.9 Å². The van der Waals surface area contributed by atoms with Crippen LogP contribution in [0.5, 0.6) is 0 Å². The Morgan fingerprint density at radius 1 is 1.44 bits per heavy atom. The lowest BCUT2D eigenvalue weighted by atomic mass is 10.0. The van der Waals surface area contributed by atoms with E-state index >= 15 is 0 Å². The van der Waals surface area contributed by atoms with Gasteiger partial charge >= 0.3 is 0 Å². The molecule has 0 aromatic heterocycles. The topological polar surface area (TPSA) is 17.1 Å². The molecule has 2 aliphatic rings. The molecule has 2 atom stereocenters. The minimum atomic E-state index is 0.436. The fraction of sp³-hybridized carbons (Fsp3) is 0.588. The van der Waals surface area contributed by atoms with E-state index in [4.69, 9.17) is 0 Å². The molecule has 1 heteroatoms. The molecule has 1 nitrogen and oxygen atoms in total. The van der Waals surface area contributed by atoms with Crippen LogP contribution in [0.3, 0.4) is 0 Å². The highest BCUT2D eigenvalue weighted by Crippen LogP contribution is 2.24. The van der Waals surface area contributed by atoms with E-state index in [9.17, 15) is 4.79 Å². The van der Waals surface area contributed by atoms with Crippen LogP contribution >= 0.6 is 0 Å². The maximum Gasteiger partial charge on any atom is 0.133 e. The monoisotopic (exact) mass is 244 g/mol. The summed E-state index contributed by atoms with van der Waals surface area (Å²) in [5.41, 5.74) is 1.51. The van der Waals surface area contributed by atoms with Crippen LogP contribution in [-0.2, 0) is 4.79 Å². The average molecular weight is 244 g/mol. The van der Waals surface area contributed by atoms with Crippen LogP contribution in [0.25, 0.3) is 0 Å². The van der Waals surface area contributed by atoms with Crippen LogP contribution in [0.2, 0.25) is 0 Å². The van der Waals surface area contributed by atoms with E-state index in [2.05, 4.69) is 37.3 Å². The number of Topliss-reactive ketones (excluding diaryl/α,β-unsaturated/α-hetero) is 1. The van der Waals surface area contributed by atoms with Crippen molar-refractivity contribution in [2.75, 3.05) is 0 Å². The Morgan fingerprint density at radius 3 is 3.00 bits per heavy atom. The van der Waals surface area contributed by atoms with E-state index in [0.29, 0.717) is 17.6 Å². The van der Waals surface area contributed by atoms with E-state index < -0.39 is 0 Å². The highest BCUT2D eigenvalue weighted by atomic mass is 16.1. The Labute approximate surface area is 111 Å². The Kier molecular flexibility index (Phi) is 4.98. The van der Waals surface area contributed by atoms with Crippen molar-refractivity contribution in [2.24, 2.45) is 11.8 Å². The van der Waals surface area contributed by atoms with Crippen LogP contribution in [0, 0.1) is 11.8 Å². The largest absolute Gasteiger partial charge is 0.300 e. The zero-order chi connectivity index (χ0) is 12.8. The molecule has 0 saturated heterocycles. The van der Waals surface area contributed by atoms with E-state index in [-0.39, 0.29) is 0 Å². The first-order chi connectivity index (χ1) is 8.74. The van der Waals surface area contributed by atoms with Gasteiger partial charge in [0.1, 0.15) is 5.78 Å². The van der Waals surface area contributed by atoms with Gasteiger partial charge < -0.3 is 0 Å². The van der Waals surface area contributed by atoms with E-state index in [1.54, 1.807) is 0 Å². The van der Waals surface area contributed by atoms with Crippen molar-refractivity contribution >= 4 is 5.78 Å². The summed E-state index contributed by atoms with van der Waals surface area (Å²) in [6, 6.07) is 0. The zero-order valence-corrected chi connectivity index (χ0v) is 11.4. The number of hydrogen-bond acceptors (Lipinski definition) is 1. The lowest BCUT2D eigenvalue weighted by molar-refractivity contribution is -0.117. The molecule has 0 amide bonds. The fourth-order valence-electron chi connectivity index (χ4n) is 2.71. The summed E-state index contributed by atoms with van der Waals surface area (Å²) in [6.07, 6.45) is 19.0. The molecule has 1 saturated carbocycles. The molecule has 0 aromatic rings. The van der Waals surface area contributed by atoms with Crippen LogP contribution < -0.4 is 0 Å². The predicted octanol–water partition coefficient (Wildman–Crippen LogP) is 4.60. The summed E-state index contributed by atoms with van der Waals surface area (Å²) in [7, 11) is 0. The minimum Gasteiger partial charge on any atom is -0.300 e. The van der Waals surface area contributed by atoms with Crippen molar-refractivity contribution in [3.8, 4) is 0 Å². The van der Waals surface area contributed by atoms with Crippen molar-refractivity contribution in [3.63, 3.8) is 0 Å². The SMILES string of the molecule is CC(/C=C/C1=CCCC1)C/C=C/C1CCC(=O)C1. The number of rotatable bonds is 5. The van der Waals surface area contributed by atoms with Crippen LogP contribution in [0.4, 0.5) is 0 Å². The molecule has 0 bridgehead atoms. The number of ketones is 1. The third-order valence-corrected chi connectivity index (χ3v) is 3.91. The molecule has 0 aromatic carbocycles. The molecule has 98 valence electrons. The van der Waals surface area contributed by atoms with Crippen molar-refractivity contribution in [2.45, 2.75) is 51.9 Å². The van der Waals surface area contributed by atoms with Crippen molar-refractivity contribution < 1.29 is 4.79 Å². The Morgan fingerprint density at radius 2 is 2.33 bits per heavy atom. The molecule has 2 unspecified atom stereocenters. The molecule has 2 rings (SSSR count). The van der Waals surface area contributed by atoms with Crippen molar-refractivity contribution in [1.29, 1.82) is 0 Å². The lowest BCUT2D eigenvalue weighted by Gasteiger charge is -2.03. The van der Waals surface area contributed by atoms with Gasteiger partial charge in [-0.05, 0) is 43.9 Å². The minimum absolute atomic E-state index is 0.436. The highest BCUT2D eigenvalue weighted by molar-refractivity contribution is 5.80. The van der Waals surface area contributed by atoms with Gasteiger partial charge in [0.15, 0.2) is 0 Å². The Bertz CT molecular complexity index is 373. The second kappa shape index (κ2) is 6.72. The quantitative estimate of drug-likeness (QED) is 0.646. The summed E-state index contributed by atoms with van der Waals surface area (Å²) < 4.78 is 0. The van der Waals surface area contributed by atoms with Gasteiger partial charge in [-0.2, -0.15) is 0 Å². The summed E-state index contributed by atoms with van der Waals surface area (Å²) in [5.74, 6) is 1.55. The zero-order valence-electron chi connectivity index (χ0n) is 11.4.